The van der Waals surface area contributed by atoms with Crippen molar-refractivity contribution in [1.29, 1.82) is 0 Å². The van der Waals surface area contributed by atoms with Crippen LogP contribution in [0.2, 0.25) is 44.8 Å². The van der Waals surface area contributed by atoms with E-state index in [0.29, 0.717) is 0 Å². The Morgan fingerprint density at radius 3 is 2.08 bits per heavy atom. The summed E-state index contributed by atoms with van der Waals surface area (Å²) in [6.07, 6.45) is 0. The first-order valence-electron chi connectivity index (χ1n) is 4.78. The maximum absolute atomic E-state index is 2.46. The topological polar surface area (TPSA) is 0 Å². The predicted octanol–water partition coefficient (Wildman–Crippen LogP) is 3.81. The van der Waals surface area contributed by atoms with E-state index in [1.165, 1.54) is 23.6 Å². The van der Waals surface area contributed by atoms with E-state index in [9.17, 15) is 0 Å². The molecule has 0 saturated carbocycles. The number of hydrogen-bond donors (Lipinski definition) is 0. The minimum atomic E-state index is -0.747. The van der Waals surface area contributed by atoms with Crippen molar-refractivity contribution in [1.82, 2.24) is 0 Å². The molecule has 0 aliphatic heterocycles. The summed E-state index contributed by atoms with van der Waals surface area (Å²) in [5, 5.41) is 0. The molecule has 0 rings (SSSR count). The summed E-state index contributed by atoms with van der Waals surface area (Å²) < 4.78 is 0. The lowest BCUT2D eigenvalue weighted by Gasteiger charge is -2.14. The second kappa shape index (κ2) is 6.27. The van der Waals surface area contributed by atoms with Crippen LogP contribution >= 0.6 is 11.8 Å². The van der Waals surface area contributed by atoms with Gasteiger partial charge < -0.3 is 0 Å². The summed E-state index contributed by atoms with van der Waals surface area (Å²) in [5.74, 6) is 2.82. The van der Waals surface area contributed by atoms with Gasteiger partial charge in [-0.05, 0) is 17.5 Å². The fraction of sp³-hybridized carbons (Fsp3) is 1.00. The molecule has 0 nitrogen and oxygen atoms in total. The molecule has 0 bridgehead atoms. The van der Waals surface area contributed by atoms with E-state index >= 15 is 0 Å². The molecule has 0 aliphatic carbocycles. The third kappa shape index (κ3) is 10.8. The average molecular weight is 220 g/mol. The quantitative estimate of drug-likeness (QED) is 0.483. The van der Waals surface area contributed by atoms with Gasteiger partial charge in [-0.3, -0.25) is 0 Å². The van der Waals surface area contributed by atoms with E-state index in [2.05, 4.69) is 44.5 Å². The highest BCUT2D eigenvalue weighted by atomic mass is 32.2. The molecular formula is C9H23SSi2. The van der Waals surface area contributed by atoms with E-state index in [0.717, 1.165) is 0 Å². The van der Waals surface area contributed by atoms with Crippen LogP contribution < -0.4 is 0 Å². The monoisotopic (exact) mass is 219 g/mol. The first-order chi connectivity index (χ1) is 5.42. The van der Waals surface area contributed by atoms with E-state index in [1.807, 2.05) is 0 Å². The number of hydrogen-bond acceptors (Lipinski definition) is 1. The van der Waals surface area contributed by atoms with Gasteiger partial charge in [0, 0.05) is 16.9 Å². The Morgan fingerprint density at radius 1 is 1.08 bits per heavy atom. The molecule has 0 aromatic heterocycles. The summed E-state index contributed by atoms with van der Waals surface area (Å²) >= 11 is 2.17. The summed E-state index contributed by atoms with van der Waals surface area (Å²) in [6.45, 7) is 12.2. The lowest BCUT2D eigenvalue weighted by molar-refractivity contribution is 1.35. The summed E-state index contributed by atoms with van der Waals surface area (Å²) in [6, 6.07) is 2.98. The van der Waals surface area contributed by atoms with Crippen molar-refractivity contribution in [3.05, 3.63) is 0 Å². The highest BCUT2D eigenvalue weighted by molar-refractivity contribution is 7.99. The molecule has 0 fully saturated rings. The molecule has 0 unspecified atom stereocenters. The summed E-state index contributed by atoms with van der Waals surface area (Å²) in [5.41, 5.74) is 0. The molecule has 0 spiro atoms. The van der Waals surface area contributed by atoms with Gasteiger partial charge in [0.2, 0.25) is 0 Å². The van der Waals surface area contributed by atoms with E-state index in [-0.39, 0.29) is 8.80 Å². The Balaban J connectivity index is 3.12. The first-order valence-corrected chi connectivity index (χ1v) is 12.4. The summed E-state index contributed by atoms with van der Waals surface area (Å²) in [7, 11) is -0.707. The molecule has 73 valence electrons. The van der Waals surface area contributed by atoms with Crippen molar-refractivity contribution >= 4 is 28.6 Å². The van der Waals surface area contributed by atoms with Gasteiger partial charge in [-0.15, -0.1) is 0 Å². The predicted molar refractivity (Wildman–Crippen MR) is 67.8 cm³/mol. The first kappa shape index (κ1) is 12.8. The molecule has 0 atom stereocenters. The number of rotatable bonds is 6. The van der Waals surface area contributed by atoms with E-state index in [1.54, 1.807) is 0 Å². The van der Waals surface area contributed by atoms with Crippen LogP contribution in [0.5, 0.6) is 0 Å². The second-order valence-corrected chi connectivity index (χ2v) is 14.6. The zero-order valence-corrected chi connectivity index (χ0v) is 12.1. The molecule has 0 saturated heterocycles. The van der Waals surface area contributed by atoms with Crippen LogP contribution in [0.1, 0.15) is 0 Å². The molecule has 0 heterocycles. The Kier molecular flexibility index (Phi) is 6.68. The maximum Gasteiger partial charge on any atom is 0.0450 e. The van der Waals surface area contributed by atoms with Gasteiger partial charge in [0.1, 0.15) is 0 Å². The van der Waals surface area contributed by atoms with Gasteiger partial charge >= 0.3 is 0 Å². The summed E-state index contributed by atoms with van der Waals surface area (Å²) in [4.78, 5) is 0. The third-order valence-corrected chi connectivity index (χ3v) is 6.45. The largest absolute Gasteiger partial charge is 0.163 e. The standard InChI is InChI=1S/C9H23SSi2/c1-11(2)8-6-10-7-9-12(3,4)5/h6-9H2,1-5H3. The molecule has 1 radical (unpaired) electrons. The molecule has 0 aromatic carbocycles. The lowest BCUT2D eigenvalue weighted by Crippen LogP contribution is -2.20. The highest BCUT2D eigenvalue weighted by Crippen LogP contribution is 2.14. The van der Waals surface area contributed by atoms with Crippen molar-refractivity contribution in [3.8, 4) is 0 Å². The molecule has 3 heteroatoms. The highest BCUT2D eigenvalue weighted by Gasteiger charge is 2.11. The van der Waals surface area contributed by atoms with E-state index < -0.39 is 8.07 Å². The van der Waals surface area contributed by atoms with Gasteiger partial charge in [0.25, 0.3) is 0 Å². The Morgan fingerprint density at radius 2 is 1.67 bits per heavy atom. The van der Waals surface area contributed by atoms with Gasteiger partial charge in [-0.1, -0.05) is 38.8 Å². The van der Waals surface area contributed by atoms with Gasteiger partial charge in [-0.2, -0.15) is 11.8 Å². The Bertz CT molecular complexity index is 108. The van der Waals surface area contributed by atoms with Crippen LogP contribution in [0.15, 0.2) is 0 Å². The van der Waals surface area contributed by atoms with Crippen molar-refractivity contribution < 1.29 is 0 Å². The van der Waals surface area contributed by atoms with Gasteiger partial charge in [-0.25, -0.2) is 0 Å². The molecule has 0 amide bonds. The minimum absolute atomic E-state index is 0.0403. The van der Waals surface area contributed by atoms with Gasteiger partial charge in [0.15, 0.2) is 0 Å². The lowest BCUT2D eigenvalue weighted by atomic mass is 10.9. The minimum Gasteiger partial charge on any atom is -0.163 e. The fourth-order valence-electron chi connectivity index (χ4n) is 0.757. The third-order valence-electron chi connectivity index (χ3n) is 1.74. The molecule has 0 aliphatic rings. The van der Waals surface area contributed by atoms with Crippen LogP contribution in [-0.4, -0.2) is 28.4 Å². The maximum atomic E-state index is 2.46. The van der Waals surface area contributed by atoms with Gasteiger partial charge in [0.05, 0.1) is 0 Å². The second-order valence-electron chi connectivity index (χ2n) is 4.88. The molecule has 12 heavy (non-hydrogen) atoms. The SMILES string of the molecule is C[Si](C)CCSCC[Si](C)(C)C. The molecule has 0 N–H and O–H groups in total. The van der Waals surface area contributed by atoms with Crippen LogP contribution in [-0.2, 0) is 0 Å². The smallest absolute Gasteiger partial charge is 0.0450 e. The average Bonchev–Trinajstić information content (AvgIpc) is 1.83. The van der Waals surface area contributed by atoms with Crippen LogP contribution in [0.25, 0.3) is 0 Å². The van der Waals surface area contributed by atoms with Crippen molar-refractivity contribution in [3.63, 3.8) is 0 Å². The van der Waals surface area contributed by atoms with Crippen LogP contribution in [0.3, 0.4) is 0 Å². The molecular weight excluding hydrogens is 196 g/mol. The van der Waals surface area contributed by atoms with Crippen molar-refractivity contribution in [2.24, 2.45) is 0 Å². The van der Waals surface area contributed by atoms with Crippen LogP contribution in [0.4, 0.5) is 0 Å². The fourth-order valence-corrected chi connectivity index (χ4v) is 6.20. The Labute approximate surface area is 85.1 Å². The van der Waals surface area contributed by atoms with Crippen LogP contribution in [0, 0.1) is 0 Å². The van der Waals surface area contributed by atoms with Crippen molar-refractivity contribution in [2.75, 3.05) is 11.5 Å². The molecule has 0 aromatic rings. The zero-order chi connectivity index (χ0) is 9.61. The normalized spacial score (nSPS) is 12.5. The number of thioether (sulfide) groups is 1. The van der Waals surface area contributed by atoms with Crippen molar-refractivity contribution in [2.45, 2.75) is 44.8 Å². The zero-order valence-electron chi connectivity index (χ0n) is 9.24. The Hall–Kier alpha value is 0.784. The van der Waals surface area contributed by atoms with E-state index in [4.69, 9.17) is 0 Å².